The summed E-state index contributed by atoms with van der Waals surface area (Å²) in [7, 11) is 0. The Kier molecular flexibility index (Phi) is 3.21. The minimum absolute atomic E-state index is 0.220. The molecular formula is C10H12FN5. The fourth-order valence-corrected chi connectivity index (χ4v) is 1.40. The van der Waals surface area contributed by atoms with Crippen molar-refractivity contribution in [2.75, 3.05) is 0 Å². The Morgan fingerprint density at radius 1 is 1.38 bits per heavy atom. The average molecular weight is 221 g/mol. The predicted molar refractivity (Wildman–Crippen MR) is 55.9 cm³/mol. The molecule has 0 radical (unpaired) electrons. The Hall–Kier alpha value is -1.82. The fourth-order valence-electron chi connectivity index (χ4n) is 1.40. The molecule has 0 saturated heterocycles. The largest absolute Gasteiger partial charge is 0.306 e. The van der Waals surface area contributed by atoms with Crippen LogP contribution in [-0.4, -0.2) is 20.6 Å². The third kappa shape index (κ3) is 2.60. The van der Waals surface area contributed by atoms with Gasteiger partial charge in [0.2, 0.25) is 0 Å². The van der Waals surface area contributed by atoms with E-state index in [2.05, 4.69) is 25.9 Å². The van der Waals surface area contributed by atoms with Crippen molar-refractivity contribution in [2.45, 2.75) is 20.0 Å². The molecule has 0 atom stereocenters. The van der Waals surface area contributed by atoms with Gasteiger partial charge in [-0.1, -0.05) is 11.3 Å². The molecule has 0 bridgehead atoms. The molecular weight excluding hydrogens is 209 g/mol. The smallest absolute Gasteiger partial charge is 0.188 e. The van der Waals surface area contributed by atoms with E-state index >= 15 is 0 Å². The average Bonchev–Trinajstić information content (AvgIpc) is 2.76. The highest BCUT2D eigenvalue weighted by Crippen LogP contribution is 2.09. The quantitative estimate of drug-likeness (QED) is 0.806. The molecule has 6 heteroatoms. The second-order valence-corrected chi connectivity index (χ2v) is 3.50. The van der Waals surface area contributed by atoms with Gasteiger partial charge in [0.25, 0.3) is 0 Å². The minimum atomic E-state index is -0.220. The van der Waals surface area contributed by atoms with Crippen molar-refractivity contribution < 1.29 is 4.39 Å². The summed E-state index contributed by atoms with van der Waals surface area (Å²) in [6.07, 6.45) is 0. The highest BCUT2D eigenvalue weighted by atomic mass is 19.1. The first-order chi connectivity index (χ1) is 7.75. The van der Waals surface area contributed by atoms with Crippen molar-refractivity contribution in [3.05, 3.63) is 41.0 Å². The maximum Gasteiger partial charge on any atom is 0.188 e. The first-order valence-electron chi connectivity index (χ1n) is 4.94. The Bertz CT molecular complexity index is 454. The number of H-pyrrole nitrogens is 1. The predicted octanol–water partition coefficient (Wildman–Crippen LogP) is 0.937. The number of hydrogen-bond acceptors (Lipinski definition) is 4. The second kappa shape index (κ2) is 4.80. The molecule has 0 spiro atoms. The zero-order valence-electron chi connectivity index (χ0n) is 8.87. The topological polar surface area (TPSA) is 66.5 Å². The number of halogens is 1. The summed E-state index contributed by atoms with van der Waals surface area (Å²) in [6, 6.07) is 4.75. The van der Waals surface area contributed by atoms with E-state index in [1.54, 1.807) is 6.07 Å². The van der Waals surface area contributed by atoms with E-state index in [1.165, 1.54) is 12.1 Å². The molecule has 0 unspecified atom stereocenters. The van der Waals surface area contributed by atoms with Gasteiger partial charge in [-0.3, -0.25) is 0 Å². The van der Waals surface area contributed by atoms with Gasteiger partial charge in [-0.05, 0) is 30.2 Å². The second-order valence-electron chi connectivity index (χ2n) is 3.50. The molecule has 16 heavy (non-hydrogen) atoms. The number of aryl methyl sites for hydroxylation is 1. The Morgan fingerprint density at radius 3 is 3.00 bits per heavy atom. The van der Waals surface area contributed by atoms with Gasteiger partial charge in [0.1, 0.15) is 5.82 Å². The third-order valence-electron chi connectivity index (χ3n) is 2.30. The van der Waals surface area contributed by atoms with Crippen LogP contribution in [0.25, 0.3) is 0 Å². The fraction of sp³-hybridized carbons (Fsp3) is 0.300. The van der Waals surface area contributed by atoms with E-state index in [1.807, 2.05) is 6.92 Å². The van der Waals surface area contributed by atoms with Gasteiger partial charge in [0, 0.05) is 6.54 Å². The summed E-state index contributed by atoms with van der Waals surface area (Å²) >= 11 is 0. The van der Waals surface area contributed by atoms with Crippen LogP contribution in [0.1, 0.15) is 17.0 Å². The highest BCUT2D eigenvalue weighted by Gasteiger charge is 2.01. The molecule has 0 fully saturated rings. The molecule has 1 heterocycles. The van der Waals surface area contributed by atoms with Crippen LogP contribution in [0.2, 0.25) is 0 Å². The molecule has 2 rings (SSSR count). The van der Waals surface area contributed by atoms with Crippen LogP contribution >= 0.6 is 0 Å². The van der Waals surface area contributed by atoms with E-state index in [9.17, 15) is 4.39 Å². The van der Waals surface area contributed by atoms with Crippen molar-refractivity contribution in [3.63, 3.8) is 0 Å². The Morgan fingerprint density at radius 2 is 2.25 bits per heavy atom. The molecule has 2 aromatic rings. The lowest BCUT2D eigenvalue weighted by Gasteiger charge is -2.06. The molecule has 2 N–H and O–H groups in total. The van der Waals surface area contributed by atoms with Gasteiger partial charge in [-0.25, -0.2) is 4.39 Å². The van der Waals surface area contributed by atoms with E-state index in [-0.39, 0.29) is 5.82 Å². The van der Waals surface area contributed by atoms with Crippen molar-refractivity contribution in [1.82, 2.24) is 25.9 Å². The normalized spacial score (nSPS) is 10.6. The molecule has 0 amide bonds. The van der Waals surface area contributed by atoms with Gasteiger partial charge in [0.15, 0.2) is 5.82 Å². The van der Waals surface area contributed by atoms with E-state index < -0.39 is 0 Å². The molecule has 1 aromatic heterocycles. The van der Waals surface area contributed by atoms with Crippen molar-refractivity contribution in [3.8, 4) is 0 Å². The standard InChI is InChI=1S/C10H12FN5/c1-7-2-3-9(11)4-8(7)5-12-6-10-13-15-16-14-10/h2-4,12H,5-6H2,1H3,(H,13,14,15,16). The van der Waals surface area contributed by atoms with Crippen molar-refractivity contribution >= 4 is 0 Å². The van der Waals surface area contributed by atoms with Crippen molar-refractivity contribution in [2.24, 2.45) is 0 Å². The van der Waals surface area contributed by atoms with Gasteiger partial charge < -0.3 is 5.32 Å². The summed E-state index contributed by atoms with van der Waals surface area (Å²) in [5.41, 5.74) is 1.99. The first kappa shape index (κ1) is 10.7. The molecule has 0 aliphatic rings. The summed E-state index contributed by atoms with van der Waals surface area (Å²) in [6.45, 7) is 3.04. The first-order valence-corrected chi connectivity index (χ1v) is 4.94. The zero-order chi connectivity index (χ0) is 11.4. The van der Waals surface area contributed by atoms with E-state index in [0.29, 0.717) is 18.9 Å². The van der Waals surface area contributed by atoms with Gasteiger partial charge in [-0.15, -0.1) is 10.2 Å². The van der Waals surface area contributed by atoms with Gasteiger partial charge in [0.05, 0.1) is 6.54 Å². The van der Waals surface area contributed by atoms with Crippen LogP contribution in [0.15, 0.2) is 18.2 Å². The molecule has 0 aliphatic heterocycles. The highest BCUT2D eigenvalue weighted by molar-refractivity contribution is 5.26. The number of nitrogens with zero attached hydrogens (tertiary/aromatic N) is 3. The number of aromatic amines is 1. The number of tetrazole rings is 1. The maximum absolute atomic E-state index is 13.0. The van der Waals surface area contributed by atoms with Crippen LogP contribution in [0.5, 0.6) is 0 Å². The molecule has 84 valence electrons. The summed E-state index contributed by atoms with van der Waals surface area (Å²) in [5.74, 6) is 0.371. The SMILES string of the molecule is Cc1ccc(F)cc1CNCc1nn[nH]n1. The summed E-state index contributed by atoms with van der Waals surface area (Å²) in [4.78, 5) is 0. The van der Waals surface area contributed by atoms with Crippen molar-refractivity contribution in [1.29, 1.82) is 0 Å². The number of rotatable bonds is 4. The van der Waals surface area contributed by atoms with Gasteiger partial charge >= 0.3 is 0 Å². The summed E-state index contributed by atoms with van der Waals surface area (Å²) < 4.78 is 13.0. The van der Waals surface area contributed by atoms with E-state index in [4.69, 9.17) is 0 Å². The van der Waals surface area contributed by atoms with Crippen LogP contribution in [0, 0.1) is 12.7 Å². The summed E-state index contributed by atoms with van der Waals surface area (Å²) in [5, 5.41) is 16.5. The van der Waals surface area contributed by atoms with Crippen LogP contribution < -0.4 is 5.32 Å². The minimum Gasteiger partial charge on any atom is -0.306 e. The Balaban J connectivity index is 1.92. The lowest BCUT2D eigenvalue weighted by molar-refractivity contribution is 0.616. The Labute approximate surface area is 92.1 Å². The van der Waals surface area contributed by atoms with Gasteiger partial charge in [-0.2, -0.15) is 5.21 Å². The lowest BCUT2D eigenvalue weighted by Crippen LogP contribution is -2.14. The number of benzene rings is 1. The maximum atomic E-state index is 13.0. The van der Waals surface area contributed by atoms with Crippen LogP contribution in [-0.2, 0) is 13.1 Å². The molecule has 5 nitrogen and oxygen atoms in total. The molecule has 1 aromatic carbocycles. The monoisotopic (exact) mass is 221 g/mol. The number of nitrogens with one attached hydrogen (secondary N) is 2. The lowest BCUT2D eigenvalue weighted by atomic mass is 10.1. The van der Waals surface area contributed by atoms with Crippen LogP contribution in [0.4, 0.5) is 4.39 Å². The van der Waals surface area contributed by atoms with Crippen LogP contribution in [0.3, 0.4) is 0 Å². The van der Waals surface area contributed by atoms with E-state index in [0.717, 1.165) is 11.1 Å². The molecule has 0 saturated carbocycles. The third-order valence-corrected chi connectivity index (χ3v) is 2.30. The number of aromatic nitrogens is 4. The molecule has 0 aliphatic carbocycles. The zero-order valence-corrected chi connectivity index (χ0v) is 8.87. The number of hydrogen-bond donors (Lipinski definition) is 2.